The number of pyridine rings is 1. The third-order valence-corrected chi connectivity index (χ3v) is 3.67. The van der Waals surface area contributed by atoms with Crippen LogP contribution in [0.2, 0.25) is 0 Å². The van der Waals surface area contributed by atoms with E-state index in [1.165, 1.54) is 0 Å². The molecule has 4 N–H and O–H groups in total. The minimum Gasteiger partial charge on any atom is -0.397 e. The number of carbonyl (C=O) groups excluding carboxylic acids is 1. The zero-order valence-electron chi connectivity index (χ0n) is 11.9. The number of amides is 1. The second-order valence-electron chi connectivity index (χ2n) is 5.47. The molecule has 0 aliphatic heterocycles. The number of fused-ring (bicyclic) bond motifs is 1. The molecule has 5 heteroatoms. The highest BCUT2D eigenvalue weighted by atomic mass is 16.1. The SMILES string of the molecule is Nc1c(NCCCC(=O)NC2CC2)ccc2ncccc12. The van der Waals surface area contributed by atoms with Crippen molar-refractivity contribution in [1.29, 1.82) is 0 Å². The second kappa shape index (κ2) is 5.99. The summed E-state index contributed by atoms with van der Waals surface area (Å²) in [5.74, 6) is 0.148. The molecule has 0 unspecified atom stereocenters. The highest BCUT2D eigenvalue weighted by Crippen LogP contribution is 2.27. The number of hydrogen-bond acceptors (Lipinski definition) is 4. The lowest BCUT2D eigenvalue weighted by Crippen LogP contribution is -2.25. The third kappa shape index (κ3) is 3.42. The van der Waals surface area contributed by atoms with E-state index < -0.39 is 0 Å². The van der Waals surface area contributed by atoms with Gasteiger partial charge in [0.05, 0.1) is 16.9 Å². The normalized spacial score (nSPS) is 14.1. The number of nitrogens with one attached hydrogen (secondary N) is 2. The first kappa shape index (κ1) is 13.7. The molecule has 1 aromatic heterocycles. The van der Waals surface area contributed by atoms with Crippen LogP contribution in [0, 0.1) is 0 Å². The molecule has 0 atom stereocenters. The van der Waals surface area contributed by atoms with Crippen LogP contribution in [0.5, 0.6) is 0 Å². The van der Waals surface area contributed by atoms with Gasteiger partial charge in [-0.3, -0.25) is 9.78 Å². The summed E-state index contributed by atoms with van der Waals surface area (Å²) in [7, 11) is 0. The van der Waals surface area contributed by atoms with E-state index in [4.69, 9.17) is 5.73 Å². The van der Waals surface area contributed by atoms with Crippen LogP contribution in [0.1, 0.15) is 25.7 Å². The van der Waals surface area contributed by atoms with Gasteiger partial charge in [0.15, 0.2) is 0 Å². The molecular weight excluding hydrogens is 264 g/mol. The summed E-state index contributed by atoms with van der Waals surface area (Å²) in [5.41, 5.74) is 8.66. The quantitative estimate of drug-likeness (QED) is 0.561. The smallest absolute Gasteiger partial charge is 0.220 e. The zero-order chi connectivity index (χ0) is 14.7. The minimum absolute atomic E-state index is 0.148. The Kier molecular flexibility index (Phi) is 3.90. The first-order chi connectivity index (χ1) is 10.2. The van der Waals surface area contributed by atoms with Crippen LogP contribution in [-0.4, -0.2) is 23.5 Å². The van der Waals surface area contributed by atoms with E-state index >= 15 is 0 Å². The average molecular weight is 284 g/mol. The maximum Gasteiger partial charge on any atom is 0.220 e. The Labute approximate surface area is 123 Å². The predicted molar refractivity (Wildman–Crippen MR) is 85.0 cm³/mol. The molecule has 0 bridgehead atoms. The molecule has 0 spiro atoms. The van der Waals surface area contributed by atoms with Crippen LogP contribution in [-0.2, 0) is 4.79 Å². The molecule has 2 aromatic rings. The van der Waals surface area contributed by atoms with Crippen LogP contribution < -0.4 is 16.4 Å². The van der Waals surface area contributed by atoms with Gasteiger partial charge in [0.25, 0.3) is 0 Å². The summed E-state index contributed by atoms with van der Waals surface area (Å²) in [6, 6.07) is 8.17. The average Bonchev–Trinajstić information content (AvgIpc) is 3.30. The first-order valence-corrected chi connectivity index (χ1v) is 7.40. The Hall–Kier alpha value is -2.30. The molecule has 1 heterocycles. The zero-order valence-corrected chi connectivity index (χ0v) is 11.9. The van der Waals surface area contributed by atoms with E-state index in [1.807, 2.05) is 24.3 Å². The fraction of sp³-hybridized carbons (Fsp3) is 0.375. The van der Waals surface area contributed by atoms with Crippen molar-refractivity contribution in [3.63, 3.8) is 0 Å². The maximum absolute atomic E-state index is 11.6. The van der Waals surface area contributed by atoms with E-state index in [9.17, 15) is 4.79 Å². The number of benzene rings is 1. The Bertz CT molecular complexity index is 652. The molecule has 110 valence electrons. The fourth-order valence-corrected chi connectivity index (χ4v) is 2.33. The van der Waals surface area contributed by atoms with Gasteiger partial charge >= 0.3 is 0 Å². The number of nitrogen functional groups attached to an aromatic ring is 1. The van der Waals surface area contributed by atoms with E-state index in [0.717, 1.165) is 42.4 Å². The van der Waals surface area contributed by atoms with Gasteiger partial charge in [-0.15, -0.1) is 0 Å². The first-order valence-electron chi connectivity index (χ1n) is 7.40. The Morgan fingerprint density at radius 2 is 2.19 bits per heavy atom. The van der Waals surface area contributed by atoms with Gasteiger partial charge in [0.2, 0.25) is 5.91 Å². The van der Waals surface area contributed by atoms with Gasteiger partial charge in [-0.2, -0.15) is 0 Å². The molecule has 1 fully saturated rings. The highest BCUT2D eigenvalue weighted by Gasteiger charge is 2.22. The second-order valence-corrected chi connectivity index (χ2v) is 5.47. The summed E-state index contributed by atoms with van der Waals surface area (Å²) >= 11 is 0. The summed E-state index contributed by atoms with van der Waals surface area (Å²) in [6.45, 7) is 0.730. The molecule has 1 amide bonds. The molecule has 3 rings (SSSR count). The summed E-state index contributed by atoms with van der Waals surface area (Å²) < 4.78 is 0. The van der Waals surface area contributed by atoms with Gasteiger partial charge in [0.1, 0.15) is 0 Å². The van der Waals surface area contributed by atoms with E-state index in [1.54, 1.807) is 6.20 Å². The van der Waals surface area contributed by atoms with Crippen LogP contribution in [0.25, 0.3) is 10.9 Å². The molecular formula is C16H20N4O. The Morgan fingerprint density at radius 3 is 3.00 bits per heavy atom. The van der Waals surface area contributed by atoms with Gasteiger partial charge in [-0.1, -0.05) is 0 Å². The number of carbonyl (C=O) groups is 1. The lowest BCUT2D eigenvalue weighted by atomic mass is 10.1. The summed E-state index contributed by atoms with van der Waals surface area (Å²) in [4.78, 5) is 15.9. The molecule has 1 aliphatic carbocycles. The van der Waals surface area contributed by atoms with Gasteiger partial charge in [-0.05, 0) is 43.5 Å². The Balaban J connectivity index is 1.53. The van der Waals surface area contributed by atoms with Crippen LogP contribution in [0.3, 0.4) is 0 Å². The fourth-order valence-electron chi connectivity index (χ4n) is 2.33. The largest absolute Gasteiger partial charge is 0.397 e. The highest BCUT2D eigenvalue weighted by molar-refractivity contribution is 5.96. The molecule has 1 aromatic carbocycles. The summed E-state index contributed by atoms with van der Waals surface area (Å²) in [6.07, 6.45) is 5.37. The number of rotatable bonds is 6. The van der Waals surface area contributed by atoms with Gasteiger partial charge in [-0.25, -0.2) is 0 Å². The number of hydrogen-bond donors (Lipinski definition) is 3. The molecule has 0 radical (unpaired) electrons. The monoisotopic (exact) mass is 284 g/mol. The minimum atomic E-state index is 0.148. The van der Waals surface area contributed by atoms with Crippen molar-refractivity contribution in [2.45, 2.75) is 31.7 Å². The third-order valence-electron chi connectivity index (χ3n) is 3.67. The van der Waals surface area contributed by atoms with E-state index in [2.05, 4.69) is 15.6 Å². The van der Waals surface area contributed by atoms with Gasteiger partial charge in [0, 0.05) is 30.6 Å². The van der Waals surface area contributed by atoms with Crippen molar-refractivity contribution < 1.29 is 4.79 Å². The van der Waals surface area contributed by atoms with Crippen molar-refractivity contribution in [3.8, 4) is 0 Å². The lowest BCUT2D eigenvalue weighted by molar-refractivity contribution is -0.121. The van der Waals surface area contributed by atoms with Crippen LogP contribution in [0.15, 0.2) is 30.5 Å². The van der Waals surface area contributed by atoms with Crippen molar-refractivity contribution >= 4 is 28.2 Å². The molecule has 21 heavy (non-hydrogen) atoms. The molecule has 1 saturated carbocycles. The standard InChI is InChI=1S/C16H20N4O/c17-16-12-3-1-9-18-13(12)7-8-14(16)19-10-2-4-15(21)20-11-5-6-11/h1,3,7-9,11,19H,2,4-6,10,17H2,(H,20,21). The topological polar surface area (TPSA) is 80.0 Å². The van der Waals surface area contributed by atoms with Gasteiger partial charge < -0.3 is 16.4 Å². The van der Waals surface area contributed by atoms with E-state index in [-0.39, 0.29) is 5.91 Å². The number of anilines is 2. The number of aromatic nitrogens is 1. The summed E-state index contributed by atoms with van der Waals surface area (Å²) in [5, 5.41) is 7.24. The maximum atomic E-state index is 11.6. The molecule has 1 aliphatic rings. The van der Waals surface area contributed by atoms with Crippen molar-refractivity contribution in [1.82, 2.24) is 10.3 Å². The van der Waals surface area contributed by atoms with Crippen molar-refractivity contribution in [3.05, 3.63) is 30.5 Å². The predicted octanol–water partition coefficient (Wildman–Crippen LogP) is 2.29. The lowest BCUT2D eigenvalue weighted by Gasteiger charge is -2.11. The molecule has 5 nitrogen and oxygen atoms in total. The van der Waals surface area contributed by atoms with Crippen molar-refractivity contribution in [2.24, 2.45) is 0 Å². The van der Waals surface area contributed by atoms with E-state index in [0.29, 0.717) is 18.2 Å². The number of nitrogens with zero attached hydrogens (tertiary/aromatic N) is 1. The Morgan fingerprint density at radius 1 is 1.33 bits per heavy atom. The molecule has 0 saturated heterocycles. The van der Waals surface area contributed by atoms with Crippen LogP contribution in [0.4, 0.5) is 11.4 Å². The number of nitrogens with two attached hydrogens (primary N) is 1. The van der Waals surface area contributed by atoms with Crippen molar-refractivity contribution in [2.75, 3.05) is 17.6 Å². The van der Waals surface area contributed by atoms with Crippen LogP contribution >= 0.6 is 0 Å².